The molecule has 1 heterocycles. The summed E-state index contributed by atoms with van der Waals surface area (Å²) < 4.78 is 0. The Morgan fingerprint density at radius 2 is 1.00 bits per heavy atom. The second-order valence-electron chi connectivity index (χ2n) is 0.750. The van der Waals surface area contributed by atoms with Crippen LogP contribution < -0.4 is 20.7 Å². The van der Waals surface area contributed by atoms with E-state index in [0.717, 1.165) is 26.6 Å². The highest BCUT2D eigenvalue weighted by molar-refractivity contribution is 7.65. The van der Waals surface area contributed by atoms with Crippen LogP contribution in [0.15, 0.2) is 0 Å². The van der Waals surface area contributed by atoms with Gasteiger partial charge in [-0.2, -0.15) is 9.90 Å². The van der Waals surface area contributed by atoms with Gasteiger partial charge in [0.05, 0.1) is 0 Å². The van der Waals surface area contributed by atoms with Gasteiger partial charge in [-0.3, -0.25) is 14.6 Å². The zero-order valence-corrected chi connectivity index (χ0v) is 8.83. The second kappa shape index (κ2) is 8.56. The maximum Gasteiger partial charge on any atom is 0.0273 e. The minimum absolute atomic E-state index is 0. The zero-order chi connectivity index (χ0) is 4.24. The standard InChI is InChI=1S/H6N3P3.H3N.H3P/c1-4-2-6-3-5-1;;/h1-6H;2*1H3. The van der Waals surface area contributed by atoms with E-state index < -0.39 is 0 Å². The predicted molar refractivity (Wildman–Crippen MR) is 50.5 cm³/mol. The van der Waals surface area contributed by atoms with Gasteiger partial charge in [0.15, 0.2) is 0 Å². The van der Waals surface area contributed by atoms with Gasteiger partial charge in [0.1, 0.15) is 0 Å². The normalized spacial score (nSPS) is 27.0. The highest BCUT2D eigenvalue weighted by atomic mass is 31.2. The monoisotopic (exact) mass is 192 g/mol. The Balaban J connectivity index is 0. The predicted octanol–water partition coefficient (Wildman–Crippen LogP) is 0.514. The molecule has 1 aliphatic heterocycles. The fraction of sp³-hybridized carbons (Fsp3) is 0. The van der Waals surface area contributed by atoms with Crippen molar-refractivity contribution in [1.82, 2.24) is 20.7 Å². The van der Waals surface area contributed by atoms with Crippen molar-refractivity contribution >= 4 is 36.5 Å². The summed E-state index contributed by atoms with van der Waals surface area (Å²) in [6.07, 6.45) is 0. The van der Waals surface area contributed by atoms with Crippen LogP contribution >= 0.6 is 36.5 Å². The van der Waals surface area contributed by atoms with Crippen molar-refractivity contribution in [3.8, 4) is 0 Å². The Hall–Kier alpha value is 1.56. The molecule has 0 saturated carbocycles. The largest absolute Gasteiger partial charge is 0.344 e. The van der Waals surface area contributed by atoms with Crippen molar-refractivity contribution in [2.45, 2.75) is 0 Å². The van der Waals surface area contributed by atoms with Gasteiger partial charge in [-0.15, -0.1) is 0 Å². The Bertz CT molecular complexity index is 23.5. The molecule has 6 N–H and O–H groups in total. The van der Waals surface area contributed by atoms with Crippen LogP contribution in [0.5, 0.6) is 0 Å². The lowest BCUT2D eigenvalue weighted by Gasteiger charge is -2.12. The van der Waals surface area contributed by atoms with E-state index in [-0.39, 0.29) is 16.0 Å². The smallest absolute Gasteiger partial charge is 0.0273 e. The SMILES string of the molecule is N.N1PNPNP1.P. The number of hydrogen-bond acceptors (Lipinski definition) is 4. The van der Waals surface area contributed by atoms with E-state index in [1.54, 1.807) is 0 Å². The molecule has 1 fully saturated rings. The lowest BCUT2D eigenvalue weighted by molar-refractivity contribution is 1.44. The summed E-state index contributed by atoms with van der Waals surface area (Å²) >= 11 is 0. The molecular weight excluding hydrogens is 180 g/mol. The van der Waals surface area contributed by atoms with Gasteiger partial charge in [0, 0.05) is 26.6 Å². The van der Waals surface area contributed by atoms with Crippen molar-refractivity contribution in [1.29, 1.82) is 0 Å². The third kappa shape index (κ3) is 5.69. The van der Waals surface area contributed by atoms with Gasteiger partial charge in [-0.05, 0) is 0 Å². The molecule has 0 radical (unpaired) electrons. The third-order valence-corrected chi connectivity index (χ3v) is 3.38. The molecule has 8 heavy (non-hydrogen) atoms. The Labute approximate surface area is 58.0 Å². The van der Waals surface area contributed by atoms with Gasteiger partial charge in [0.25, 0.3) is 0 Å². The first-order valence-corrected chi connectivity index (χ1v) is 4.50. The van der Waals surface area contributed by atoms with Crippen LogP contribution in [0.2, 0.25) is 0 Å². The highest BCUT2D eigenvalue weighted by Gasteiger charge is 1.89. The molecule has 4 nitrogen and oxygen atoms in total. The minimum atomic E-state index is 0. The van der Waals surface area contributed by atoms with E-state index in [1.807, 2.05) is 0 Å². The molecule has 0 aromatic carbocycles. The highest BCUT2D eigenvalue weighted by Crippen LogP contribution is 2.23. The molecule has 1 saturated heterocycles. The first kappa shape index (κ1) is 12.3. The van der Waals surface area contributed by atoms with Crippen molar-refractivity contribution < 1.29 is 0 Å². The summed E-state index contributed by atoms with van der Waals surface area (Å²) in [6, 6.07) is 0. The second-order valence-corrected chi connectivity index (χ2v) is 4.50. The topological polar surface area (TPSA) is 71.1 Å². The first-order valence-electron chi connectivity index (χ1n) is 1.50. The van der Waals surface area contributed by atoms with Crippen LogP contribution in [0.1, 0.15) is 0 Å². The van der Waals surface area contributed by atoms with Crippen molar-refractivity contribution in [2.24, 2.45) is 0 Å². The summed E-state index contributed by atoms with van der Waals surface area (Å²) in [5.41, 5.74) is 0. The Kier molecular flexibility index (Phi) is 13.1. The number of hydrogen-bond donors (Lipinski definition) is 4. The average Bonchev–Trinajstić information content (AvgIpc) is 1.72. The molecule has 1 aliphatic rings. The van der Waals surface area contributed by atoms with Gasteiger partial charge < -0.3 is 6.15 Å². The molecule has 52 valence electrons. The number of nitrogens with one attached hydrogen (secondary N) is 3. The van der Waals surface area contributed by atoms with Crippen LogP contribution in [0, 0.1) is 0 Å². The molecule has 8 heteroatoms. The fourth-order valence-electron chi connectivity index (χ4n) is 0.188. The van der Waals surface area contributed by atoms with Gasteiger partial charge in [-0.1, -0.05) is 0 Å². The summed E-state index contributed by atoms with van der Waals surface area (Å²) in [4.78, 5) is 9.38. The lowest BCUT2D eigenvalue weighted by atomic mass is 13.8. The van der Waals surface area contributed by atoms with Gasteiger partial charge in [-0.25, -0.2) is 0 Å². The molecular formula is H12N4P4. The Morgan fingerprint density at radius 1 is 0.750 bits per heavy atom. The van der Waals surface area contributed by atoms with Crippen LogP contribution in [0.25, 0.3) is 0 Å². The molecule has 0 bridgehead atoms. The molecule has 0 amide bonds. The van der Waals surface area contributed by atoms with E-state index >= 15 is 0 Å². The minimum Gasteiger partial charge on any atom is -0.344 e. The van der Waals surface area contributed by atoms with E-state index in [0.29, 0.717) is 0 Å². The quantitative estimate of drug-likeness (QED) is 0.422. The molecule has 0 aromatic heterocycles. The summed E-state index contributed by atoms with van der Waals surface area (Å²) in [7, 11) is 2.29. The molecule has 0 aliphatic carbocycles. The Morgan fingerprint density at radius 3 is 1.12 bits per heavy atom. The third-order valence-electron chi connectivity index (χ3n) is 0.375. The van der Waals surface area contributed by atoms with Crippen LogP contribution in [-0.2, 0) is 0 Å². The van der Waals surface area contributed by atoms with Crippen molar-refractivity contribution in [2.75, 3.05) is 0 Å². The van der Waals surface area contributed by atoms with E-state index in [1.165, 1.54) is 0 Å². The molecule has 0 aromatic rings. The maximum absolute atomic E-state index is 3.12. The summed E-state index contributed by atoms with van der Waals surface area (Å²) in [5.74, 6) is 0. The molecule has 1 atom stereocenters. The number of rotatable bonds is 0. The summed E-state index contributed by atoms with van der Waals surface area (Å²) in [6.45, 7) is 0. The first-order chi connectivity index (χ1) is 3.00. The van der Waals surface area contributed by atoms with Crippen LogP contribution in [0.4, 0.5) is 0 Å². The van der Waals surface area contributed by atoms with Crippen LogP contribution in [0.3, 0.4) is 0 Å². The van der Waals surface area contributed by atoms with E-state index in [9.17, 15) is 0 Å². The average molecular weight is 192 g/mol. The molecule has 1 rings (SSSR count). The fourth-order valence-corrected chi connectivity index (χ4v) is 3.38. The summed E-state index contributed by atoms with van der Waals surface area (Å²) in [5, 5.41) is 0. The molecule has 1 unspecified atom stereocenters. The lowest BCUT2D eigenvalue weighted by Crippen LogP contribution is -2.07. The van der Waals surface area contributed by atoms with Gasteiger partial charge in [0.2, 0.25) is 0 Å². The van der Waals surface area contributed by atoms with Crippen molar-refractivity contribution in [3.63, 3.8) is 0 Å². The van der Waals surface area contributed by atoms with E-state index in [4.69, 9.17) is 0 Å². The maximum atomic E-state index is 3.12. The van der Waals surface area contributed by atoms with Crippen LogP contribution in [-0.4, -0.2) is 0 Å². The van der Waals surface area contributed by atoms with Crippen molar-refractivity contribution in [3.05, 3.63) is 0 Å². The van der Waals surface area contributed by atoms with Gasteiger partial charge >= 0.3 is 0 Å². The zero-order valence-electron chi connectivity index (χ0n) is 4.41. The molecule has 0 spiro atoms. The van der Waals surface area contributed by atoms with E-state index in [2.05, 4.69) is 14.6 Å².